The molecule has 1 atom stereocenters. The number of hydrogen-bond donors (Lipinski definition) is 0. The topological polar surface area (TPSA) is 38.1 Å². The number of hydrogen-bond acceptors (Lipinski definition) is 2. The first-order chi connectivity index (χ1) is 10.0. The average molecular weight is 326 g/mol. The molecule has 0 N–H and O–H groups in total. The Bertz CT molecular complexity index is 613. The Kier molecular flexibility index (Phi) is 5.26. The van der Waals surface area contributed by atoms with Crippen LogP contribution in [0.2, 0.25) is 10.0 Å². The maximum atomic E-state index is 12.6. The molecule has 1 aromatic heterocycles. The SMILES string of the molecule is CCC(C)N(Cc1ccc(Cl)cc1Cl)C(=O)n1ccnc1. The number of rotatable bonds is 4. The number of amides is 1. The molecule has 2 rings (SSSR count). The van der Waals surface area contributed by atoms with Gasteiger partial charge < -0.3 is 4.90 Å². The molecule has 0 bridgehead atoms. The van der Waals surface area contributed by atoms with Crippen molar-refractivity contribution in [3.8, 4) is 0 Å². The number of carbonyl (C=O) groups is 1. The van der Waals surface area contributed by atoms with Gasteiger partial charge in [0.2, 0.25) is 0 Å². The molecule has 21 heavy (non-hydrogen) atoms. The molecule has 4 nitrogen and oxygen atoms in total. The smallest absolute Gasteiger partial charge is 0.317 e. The molecule has 1 amide bonds. The van der Waals surface area contributed by atoms with Crippen molar-refractivity contribution >= 4 is 29.2 Å². The zero-order valence-corrected chi connectivity index (χ0v) is 13.5. The Labute approximate surface area is 134 Å². The molecule has 0 radical (unpaired) electrons. The van der Waals surface area contributed by atoms with Crippen molar-refractivity contribution < 1.29 is 4.79 Å². The molecule has 0 aliphatic rings. The van der Waals surface area contributed by atoms with Crippen molar-refractivity contribution in [3.05, 3.63) is 52.5 Å². The van der Waals surface area contributed by atoms with E-state index in [2.05, 4.69) is 4.98 Å². The van der Waals surface area contributed by atoms with Crippen LogP contribution in [0.25, 0.3) is 0 Å². The third kappa shape index (κ3) is 3.77. The average Bonchev–Trinajstić information content (AvgIpc) is 2.99. The van der Waals surface area contributed by atoms with Gasteiger partial charge in [0, 0.05) is 35.0 Å². The minimum absolute atomic E-state index is 0.0895. The molecule has 1 unspecified atom stereocenters. The minimum atomic E-state index is -0.118. The number of carbonyl (C=O) groups excluding carboxylic acids is 1. The summed E-state index contributed by atoms with van der Waals surface area (Å²) in [6.45, 7) is 4.49. The van der Waals surface area contributed by atoms with Crippen LogP contribution in [-0.2, 0) is 6.54 Å². The van der Waals surface area contributed by atoms with Gasteiger partial charge in [-0.2, -0.15) is 0 Å². The van der Waals surface area contributed by atoms with Crippen LogP contribution in [-0.4, -0.2) is 26.5 Å². The fourth-order valence-corrected chi connectivity index (χ4v) is 2.45. The van der Waals surface area contributed by atoms with Gasteiger partial charge in [0.05, 0.1) is 0 Å². The van der Waals surface area contributed by atoms with Crippen molar-refractivity contribution in [2.75, 3.05) is 0 Å². The van der Waals surface area contributed by atoms with Gasteiger partial charge in [0.25, 0.3) is 0 Å². The van der Waals surface area contributed by atoms with E-state index in [0.717, 1.165) is 12.0 Å². The highest BCUT2D eigenvalue weighted by Crippen LogP contribution is 2.23. The molecular weight excluding hydrogens is 309 g/mol. The largest absolute Gasteiger partial charge is 0.329 e. The van der Waals surface area contributed by atoms with Crippen LogP contribution in [0.1, 0.15) is 25.8 Å². The highest BCUT2D eigenvalue weighted by molar-refractivity contribution is 6.35. The molecule has 2 aromatic rings. The van der Waals surface area contributed by atoms with Gasteiger partial charge in [-0.3, -0.25) is 4.57 Å². The van der Waals surface area contributed by atoms with Crippen LogP contribution in [0.4, 0.5) is 4.79 Å². The predicted molar refractivity (Wildman–Crippen MR) is 84.8 cm³/mol. The lowest BCUT2D eigenvalue weighted by Crippen LogP contribution is -2.40. The summed E-state index contributed by atoms with van der Waals surface area (Å²) in [6, 6.07) is 5.29. The van der Waals surface area contributed by atoms with E-state index in [1.54, 1.807) is 29.4 Å². The molecule has 0 aliphatic heterocycles. The maximum absolute atomic E-state index is 12.6. The van der Waals surface area contributed by atoms with E-state index in [0.29, 0.717) is 16.6 Å². The summed E-state index contributed by atoms with van der Waals surface area (Å²) in [6.07, 6.45) is 5.58. The second kappa shape index (κ2) is 6.96. The zero-order chi connectivity index (χ0) is 15.4. The minimum Gasteiger partial charge on any atom is -0.317 e. The standard InChI is InChI=1S/C15H17Cl2N3O/c1-3-11(2)20(15(21)19-7-6-18-10-19)9-12-4-5-13(16)8-14(12)17/h4-8,10-11H,3,9H2,1-2H3. The summed E-state index contributed by atoms with van der Waals surface area (Å²) in [5, 5.41) is 1.15. The molecular formula is C15H17Cl2N3O. The van der Waals surface area contributed by atoms with Crippen molar-refractivity contribution in [2.24, 2.45) is 0 Å². The van der Waals surface area contributed by atoms with Crippen molar-refractivity contribution in [1.29, 1.82) is 0 Å². The van der Waals surface area contributed by atoms with E-state index in [9.17, 15) is 4.79 Å². The van der Waals surface area contributed by atoms with Crippen LogP contribution in [0, 0.1) is 0 Å². The number of nitrogens with zero attached hydrogens (tertiary/aromatic N) is 3. The fraction of sp³-hybridized carbons (Fsp3) is 0.333. The molecule has 1 heterocycles. The van der Waals surface area contributed by atoms with E-state index in [4.69, 9.17) is 23.2 Å². The Morgan fingerprint density at radius 3 is 2.76 bits per heavy atom. The number of benzene rings is 1. The number of halogens is 2. The molecule has 0 fully saturated rings. The molecule has 6 heteroatoms. The van der Waals surface area contributed by atoms with Crippen molar-refractivity contribution in [1.82, 2.24) is 14.5 Å². The number of aromatic nitrogens is 2. The Morgan fingerprint density at radius 2 is 2.19 bits per heavy atom. The predicted octanol–water partition coefficient (Wildman–Crippen LogP) is 4.46. The first kappa shape index (κ1) is 15.9. The molecule has 0 saturated heterocycles. The Hall–Kier alpha value is -1.52. The highest BCUT2D eigenvalue weighted by atomic mass is 35.5. The normalized spacial score (nSPS) is 12.2. The molecule has 0 aliphatic carbocycles. The first-order valence-electron chi connectivity index (χ1n) is 6.75. The van der Waals surface area contributed by atoms with Gasteiger partial charge in [0.1, 0.15) is 6.33 Å². The van der Waals surface area contributed by atoms with Crippen molar-refractivity contribution in [3.63, 3.8) is 0 Å². The summed E-state index contributed by atoms with van der Waals surface area (Å²) in [5.74, 6) is 0. The third-order valence-corrected chi connectivity index (χ3v) is 4.04. The second-order valence-corrected chi connectivity index (χ2v) is 5.72. The lowest BCUT2D eigenvalue weighted by atomic mass is 10.1. The summed E-state index contributed by atoms with van der Waals surface area (Å²) in [5.41, 5.74) is 0.870. The van der Waals surface area contributed by atoms with Crippen LogP contribution in [0.15, 0.2) is 36.9 Å². The fourth-order valence-electron chi connectivity index (χ4n) is 1.99. The summed E-state index contributed by atoms with van der Waals surface area (Å²) in [4.78, 5) is 18.3. The van der Waals surface area contributed by atoms with Gasteiger partial charge in [-0.25, -0.2) is 9.78 Å². The van der Waals surface area contributed by atoms with Gasteiger partial charge in [-0.05, 0) is 31.0 Å². The lowest BCUT2D eigenvalue weighted by Gasteiger charge is -2.29. The Morgan fingerprint density at radius 1 is 1.43 bits per heavy atom. The third-order valence-electron chi connectivity index (χ3n) is 3.45. The van der Waals surface area contributed by atoms with Gasteiger partial charge in [-0.1, -0.05) is 36.2 Å². The van der Waals surface area contributed by atoms with E-state index in [1.165, 1.54) is 10.9 Å². The maximum Gasteiger partial charge on any atom is 0.329 e. The van der Waals surface area contributed by atoms with Crippen LogP contribution >= 0.6 is 23.2 Å². The summed E-state index contributed by atoms with van der Waals surface area (Å²) < 4.78 is 1.47. The highest BCUT2D eigenvalue weighted by Gasteiger charge is 2.21. The van der Waals surface area contributed by atoms with E-state index < -0.39 is 0 Å². The molecule has 1 aromatic carbocycles. The summed E-state index contributed by atoms with van der Waals surface area (Å²) >= 11 is 12.1. The van der Waals surface area contributed by atoms with Crippen LogP contribution in [0.3, 0.4) is 0 Å². The summed E-state index contributed by atoms with van der Waals surface area (Å²) in [7, 11) is 0. The zero-order valence-electron chi connectivity index (χ0n) is 12.0. The van der Waals surface area contributed by atoms with Crippen LogP contribution in [0.5, 0.6) is 0 Å². The van der Waals surface area contributed by atoms with Gasteiger partial charge >= 0.3 is 6.03 Å². The van der Waals surface area contributed by atoms with E-state index in [1.807, 2.05) is 19.9 Å². The Balaban J connectivity index is 2.26. The molecule has 0 saturated carbocycles. The monoisotopic (exact) mass is 325 g/mol. The van der Waals surface area contributed by atoms with Gasteiger partial charge in [0.15, 0.2) is 0 Å². The second-order valence-electron chi connectivity index (χ2n) is 4.87. The number of imidazole rings is 1. The quantitative estimate of drug-likeness (QED) is 0.832. The van der Waals surface area contributed by atoms with Gasteiger partial charge in [-0.15, -0.1) is 0 Å². The lowest BCUT2D eigenvalue weighted by molar-refractivity contribution is 0.175. The molecule has 112 valence electrons. The first-order valence-corrected chi connectivity index (χ1v) is 7.51. The van der Waals surface area contributed by atoms with E-state index >= 15 is 0 Å². The van der Waals surface area contributed by atoms with E-state index in [-0.39, 0.29) is 12.1 Å². The molecule has 0 spiro atoms. The van der Waals surface area contributed by atoms with Crippen molar-refractivity contribution in [2.45, 2.75) is 32.9 Å². The van der Waals surface area contributed by atoms with Crippen LogP contribution < -0.4 is 0 Å².